The highest BCUT2D eigenvalue weighted by atomic mass is 32.2. The van der Waals surface area contributed by atoms with Crippen molar-refractivity contribution >= 4 is 33.4 Å². The largest absolute Gasteiger partial charge is 0.307 e. The first-order valence-electron chi connectivity index (χ1n) is 8.69. The Morgan fingerprint density at radius 3 is 2.73 bits per heavy atom. The van der Waals surface area contributed by atoms with Gasteiger partial charge in [-0.25, -0.2) is 13.1 Å². The normalized spacial score (nSPS) is 21.2. The third kappa shape index (κ3) is 4.11. The summed E-state index contributed by atoms with van der Waals surface area (Å²) in [4.78, 5) is 1.28. The molecule has 1 aliphatic rings. The smallest absolute Gasteiger partial charge is 0.198 e. The van der Waals surface area contributed by atoms with Gasteiger partial charge in [-0.05, 0) is 35.5 Å². The molecule has 0 amide bonds. The number of hydrogen-bond donors (Lipinski definition) is 1. The number of nitrogens with one attached hydrogen (secondary N) is 1. The van der Waals surface area contributed by atoms with Crippen LogP contribution in [0.5, 0.6) is 0 Å². The third-order valence-electron chi connectivity index (χ3n) is 4.81. The van der Waals surface area contributed by atoms with E-state index in [9.17, 15) is 8.42 Å². The lowest BCUT2D eigenvalue weighted by Crippen LogP contribution is -2.33. The van der Waals surface area contributed by atoms with E-state index in [1.165, 1.54) is 4.88 Å². The van der Waals surface area contributed by atoms with Gasteiger partial charge >= 0.3 is 0 Å². The number of sulfone groups is 1. The first kappa shape index (κ1) is 19.7. The van der Waals surface area contributed by atoms with Crippen LogP contribution < -0.4 is 5.32 Å². The molecule has 0 spiro atoms. The summed E-state index contributed by atoms with van der Waals surface area (Å²) in [7, 11) is -1.08. The molecule has 0 bridgehead atoms. The van der Waals surface area contributed by atoms with Crippen molar-refractivity contribution in [3.63, 3.8) is 0 Å². The van der Waals surface area contributed by atoms with Crippen LogP contribution in [0, 0.1) is 10.2 Å². The standard InChI is InChI=1S/C17H26N4O2S3/c1-17(2,3)14(13-6-5-8-25-13)18-11-21-16(24)20(4)15(19-21)12-7-9-26(22,23)10-12/h5-6,8,12,14,18H,7,9-11H2,1-4H3. The van der Waals surface area contributed by atoms with E-state index >= 15 is 0 Å². The van der Waals surface area contributed by atoms with Gasteiger partial charge in [0, 0.05) is 23.9 Å². The lowest BCUT2D eigenvalue weighted by Gasteiger charge is -2.30. The van der Waals surface area contributed by atoms with Crippen molar-refractivity contribution in [1.29, 1.82) is 0 Å². The topological polar surface area (TPSA) is 68.9 Å². The fourth-order valence-electron chi connectivity index (χ4n) is 3.43. The Morgan fingerprint density at radius 2 is 2.19 bits per heavy atom. The fourth-order valence-corrected chi connectivity index (χ4v) is 6.41. The summed E-state index contributed by atoms with van der Waals surface area (Å²) in [5.74, 6) is 1.10. The molecule has 3 rings (SSSR count). The summed E-state index contributed by atoms with van der Waals surface area (Å²) >= 11 is 7.26. The second-order valence-corrected chi connectivity index (χ2v) is 11.5. The molecule has 1 saturated heterocycles. The van der Waals surface area contributed by atoms with Gasteiger partial charge in [0.15, 0.2) is 14.6 Å². The average molecular weight is 415 g/mol. The highest BCUT2D eigenvalue weighted by molar-refractivity contribution is 7.91. The molecule has 0 aliphatic carbocycles. The molecule has 1 aliphatic heterocycles. The molecule has 1 fully saturated rings. The van der Waals surface area contributed by atoms with Gasteiger partial charge in [0.05, 0.1) is 18.2 Å². The fraction of sp³-hybridized carbons (Fsp3) is 0.647. The van der Waals surface area contributed by atoms with E-state index in [4.69, 9.17) is 12.2 Å². The van der Waals surface area contributed by atoms with Crippen molar-refractivity contribution in [2.24, 2.45) is 12.5 Å². The Bertz CT molecular complexity index is 920. The Labute approximate surface area is 164 Å². The van der Waals surface area contributed by atoms with Crippen molar-refractivity contribution in [2.45, 2.75) is 45.8 Å². The molecule has 2 aromatic rings. The molecule has 1 N–H and O–H groups in total. The molecular weight excluding hydrogens is 388 g/mol. The van der Waals surface area contributed by atoms with Crippen LogP contribution in [0.15, 0.2) is 17.5 Å². The molecule has 144 valence electrons. The summed E-state index contributed by atoms with van der Waals surface area (Å²) < 4.78 is 27.8. The van der Waals surface area contributed by atoms with Crippen LogP contribution in [0.3, 0.4) is 0 Å². The Balaban J connectivity index is 1.80. The lowest BCUT2D eigenvalue weighted by molar-refractivity contribution is 0.254. The number of rotatable bonds is 5. The van der Waals surface area contributed by atoms with Gasteiger partial charge in [-0.3, -0.25) is 5.32 Å². The van der Waals surface area contributed by atoms with Gasteiger partial charge < -0.3 is 4.57 Å². The highest BCUT2D eigenvalue weighted by Crippen LogP contribution is 2.35. The number of thiophene rings is 1. The number of hydrogen-bond acceptors (Lipinski definition) is 6. The maximum absolute atomic E-state index is 11.8. The van der Waals surface area contributed by atoms with Crippen LogP contribution >= 0.6 is 23.6 Å². The zero-order valence-corrected chi connectivity index (χ0v) is 18.0. The van der Waals surface area contributed by atoms with E-state index < -0.39 is 9.84 Å². The van der Waals surface area contributed by atoms with E-state index in [1.807, 2.05) is 11.6 Å². The minimum Gasteiger partial charge on any atom is -0.307 e. The van der Waals surface area contributed by atoms with Gasteiger partial charge in [-0.1, -0.05) is 26.8 Å². The Morgan fingerprint density at radius 1 is 1.46 bits per heavy atom. The average Bonchev–Trinajstić information content (AvgIpc) is 3.22. The van der Waals surface area contributed by atoms with Crippen molar-refractivity contribution in [3.05, 3.63) is 33.0 Å². The van der Waals surface area contributed by atoms with Gasteiger partial charge in [0.1, 0.15) is 5.82 Å². The third-order valence-corrected chi connectivity index (χ3v) is 8.00. The van der Waals surface area contributed by atoms with E-state index in [0.29, 0.717) is 17.9 Å². The molecule has 9 heteroatoms. The molecule has 26 heavy (non-hydrogen) atoms. The number of aromatic nitrogens is 3. The van der Waals surface area contributed by atoms with Crippen LogP contribution in [-0.2, 0) is 23.6 Å². The van der Waals surface area contributed by atoms with E-state index in [-0.39, 0.29) is 28.9 Å². The predicted octanol–water partition coefficient (Wildman–Crippen LogP) is 3.25. The van der Waals surface area contributed by atoms with Crippen molar-refractivity contribution < 1.29 is 8.42 Å². The maximum Gasteiger partial charge on any atom is 0.198 e. The number of nitrogens with zero attached hydrogens (tertiary/aromatic N) is 3. The molecule has 0 radical (unpaired) electrons. The molecule has 3 heterocycles. The van der Waals surface area contributed by atoms with Gasteiger partial charge in [0.25, 0.3) is 0 Å². The highest BCUT2D eigenvalue weighted by Gasteiger charge is 2.33. The second-order valence-electron chi connectivity index (χ2n) is 7.98. The van der Waals surface area contributed by atoms with E-state index in [2.05, 4.69) is 48.7 Å². The molecule has 0 saturated carbocycles. The predicted molar refractivity (Wildman–Crippen MR) is 108 cm³/mol. The van der Waals surface area contributed by atoms with Crippen LogP contribution in [0.2, 0.25) is 0 Å². The summed E-state index contributed by atoms with van der Waals surface area (Å²) in [5, 5.41) is 10.3. The molecular formula is C17H26N4O2S3. The van der Waals surface area contributed by atoms with Gasteiger partial charge in [0.2, 0.25) is 0 Å². The van der Waals surface area contributed by atoms with Gasteiger partial charge in [-0.15, -0.1) is 11.3 Å². The summed E-state index contributed by atoms with van der Waals surface area (Å²) in [6, 6.07) is 4.38. The van der Waals surface area contributed by atoms with Crippen LogP contribution in [0.1, 0.15) is 49.9 Å². The zero-order valence-electron chi connectivity index (χ0n) is 15.6. The second kappa shape index (κ2) is 7.18. The van der Waals surface area contributed by atoms with Crippen LogP contribution in [0.4, 0.5) is 0 Å². The minimum atomic E-state index is -2.95. The zero-order chi connectivity index (χ0) is 19.1. The van der Waals surface area contributed by atoms with Crippen LogP contribution in [-0.4, -0.2) is 34.3 Å². The summed E-state index contributed by atoms with van der Waals surface area (Å²) in [5.41, 5.74) is 0.0458. The first-order valence-corrected chi connectivity index (χ1v) is 11.8. The maximum atomic E-state index is 11.8. The Kier molecular flexibility index (Phi) is 5.45. The van der Waals surface area contributed by atoms with Crippen molar-refractivity contribution in [3.8, 4) is 0 Å². The minimum absolute atomic E-state index is 0.0458. The van der Waals surface area contributed by atoms with Crippen molar-refractivity contribution in [2.75, 3.05) is 11.5 Å². The molecule has 2 unspecified atom stereocenters. The molecule has 6 nitrogen and oxygen atoms in total. The monoisotopic (exact) mass is 414 g/mol. The molecule has 0 aromatic carbocycles. The van der Waals surface area contributed by atoms with E-state index in [1.54, 1.807) is 16.0 Å². The lowest BCUT2D eigenvalue weighted by atomic mass is 9.86. The molecule has 2 aromatic heterocycles. The van der Waals surface area contributed by atoms with Gasteiger partial charge in [-0.2, -0.15) is 5.10 Å². The summed E-state index contributed by atoms with van der Waals surface area (Å²) in [6.07, 6.45) is 0.620. The quantitative estimate of drug-likeness (QED) is 0.761. The SMILES string of the molecule is Cn1c(C2CCS(=O)(=O)C2)nn(CNC(c2cccs2)C(C)(C)C)c1=S. The molecule has 2 atom stereocenters. The van der Waals surface area contributed by atoms with E-state index in [0.717, 1.165) is 5.82 Å². The van der Waals surface area contributed by atoms with Crippen LogP contribution in [0.25, 0.3) is 0 Å². The first-order chi connectivity index (χ1) is 12.1. The Hall–Kier alpha value is -1.03. The van der Waals surface area contributed by atoms with Crippen molar-refractivity contribution in [1.82, 2.24) is 19.7 Å². The summed E-state index contributed by atoms with van der Waals surface area (Å²) in [6.45, 7) is 7.11.